The van der Waals surface area contributed by atoms with Crippen molar-refractivity contribution >= 4 is 37.3 Å². The normalized spacial score (nSPS) is 27.2. The fraction of sp³-hybridized carbons (Fsp3) is 0.750. The molecule has 1 aliphatic rings. The van der Waals surface area contributed by atoms with Crippen LogP contribution in [-0.2, 0) is 15.6 Å². The third-order valence-electron chi connectivity index (χ3n) is 3.81. The highest BCUT2D eigenvalue weighted by atomic mass is 79.9. The molecule has 1 unspecified atom stereocenters. The minimum absolute atomic E-state index is 0.0138. The van der Waals surface area contributed by atoms with Gasteiger partial charge in [-0.2, -0.15) is 0 Å². The summed E-state index contributed by atoms with van der Waals surface area (Å²) in [4.78, 5) is 4.25. The van der Waals surface area contributed by atoms with Crippen molar-refractivity contribution < 1.29 is 13.5 Å². The van der Waals surface area contributed by atoms with Crippen LogP contribution in [0.2, 0.25) is 0 Å². The lowest BCUT2D eigenvalue weighted by Crippen LogP contribution is -2.41. The summed E-state index contributed by atoms with van der Waals surface area (Å²) in [6, 6.07) is -0.0138. The van der Waals surface area contributed by atoms with Crippen LogP contribution in [0, 0.1) is 5.92 Å². The van der Waals surface area contributed by atoms with Gasteiger partial charge < -0.3 is 5.11 Å². The Kier molecular flexibility index (Phi) is 4.91. The maximum absolute atomic E-state index is 11.2. The van der Waals surface area contributed by atoms with E-state index in [1.165, 1.54) is 17.6 Å². The van der Waals surface area contributed by atoms with Gasteiger partial charge in [-0.25, -0.2) is 18.1 Å². The molecule has 1 heterocycles. The molecule has 1 saturated carbocycles. The SMILES string of the molecule is CC(O)(c1ncc(Br)s1)[C@H]1CC[C@H](NS(C)(=O)=O)CC1. The Morgan fingerprint density at radius 2 is 2.05 bits per heavy atom. The van der Waals surface area contributed by atoms with Crippen LogP contribution in [0.5, 0.6) is 0 Å². The van der Waals surface area contributed by atoms with Crippen LogP contribution in [0.3, 0.4) is 0 Å². The van der Waals surface area contributed by atoms with Crippen LogP contribution in [0.1, 0.15) is 37.6 Å². The van der Waals surface area contributed by atoms with Gasteiger partial charge in [0.15, 0.2) is 0 Å². The maximum Gasteiger partial charge on any atom is 0.208 e. The van der Waals surface area contributed by atoms with E-state index in [0.29, 0.717) is 5.01 Å². The molecule has 0 aromatic carbocycles. The Labute approximate surface area is 132 Å². The van der Waals surface area contributed by atoms with Crippen LogP contribution >= 0.6 is 27.3 Å². The van der Waals surface area contributed by atoms with Crippen molar-refractivity contribution in [3.05, 3.63) is 15.0 Å². The van der Waals surface area contributed by atoms with E-state index in [1.54, 1.807) is 13.1 Å². The van der Waals surface area contributed by atoms with Gasteiger partial charge in [0, 0.05) is 6.04 Å². The molecule has 1 aromatic heterocycles. The Morgan fingerprint density at radius 1 is 1.45 bits per heavy atom. The lowest BCUT2D eigenvalue weighted by atomic mass is 9.76. The predicted molar refractivity (Wildman–Crippen MR) is 83.1 cm³/mol. The topological polar surface area (TPSA) is 79.3 Å². The number of thiazole rings is 1. The maximum atomic E-state index is 11.2. The smallest absolute Gasteiger partial charge is 0.208 e. The number of rotatable bonds is 4. The summed E-state index contributed by atoms with van der Waals surface area (Å²) in [5.41, 5.74) is -0.952. The Bertz CT molecular complexity index is 563. The molecular weight excluding hydrogens is 364 g/mol. The second-order valence-electron chi connectivity index (χ2n) is 5.56. The summed E-state index contributed by atoms with van der Waals surface area (Å²) in [6.07, 6.45) is 5.96. The molecular formula is C12H19BrN2O3S2. The quantitative estimate of drug-likeness (QED) is 0.836. The zero-order valence-electron chi connectivity index (χ0n) is 11.5. The molecule has 1 aliphatic carbocycles. The van der Waals surface area contributed by atoms with Gasteiger partial charge in [0.05, 0.1) is 16.2 Å². The van der Waals surface area contributed by atoms with Crippen molar-refractivity contribution in [3.8, 4) is 0 Å². The van der Waals surface area contributed by atoms with Crippen molar-refractivity contribution in [3.63, 3.8) is 0 Å². The Hall–Kier alpha value is -0.0200. The van der Waals surface area contributed by atoms with Crippen LogP contribution in [0.25, 0.3) is 0 Å². The van der Waals surface area contributed by atoms with Gasteiger partial charge in [-0.3, -0.25) is 0 Å². The molecule has 2 N–H and O–H groups in total. The summed E-state index contributed by atoms with van der Waals surface area (Å²) < 4.78 is 26.0. The van der Waals surface area contributed by atoms with E-state index >= 15 is 0 Å². The number of nitrogens with one attached hydrogen (secondary N) is 1. The Balaban J connectivity index is 1.99. The van der Waals surface area contributed by atoms with E-state index in [0.717, 1.165) is 29.5 Å². The van der Waals surface area contributed by atoms with E-state index in [4.69, 9.17) is 0 Å². The van der Waals surface area contributed by atoms with Crippen LogP contribution < -0.4 is 4.72 Å². The summed E-state index contributed by atoms with van der Waals surface area (Å²) in [5.74, 6) is 0.109. The molecule has 2 rings (SSSR count). The van der Waals surface area contributed by atoms with Crippen LogP contribution in [-0.4, -0.2) is 30.8 Å². The molecule has 0 saturated heterocycles. The predicted octanol–water partition coefficient (Wildman–Crippen LogP) is 2.22. The van der Waals surface area contributed by atoms with Crippen LogP contribution in [0.15, 0.2) is 9.98 Å². The van der Waals surface area contributed by atoms with E-state index in [-0.39, 0.29) is 12.0 Å². The van der Waals surface area contributed by atoms with Gasteiger partial charge >= 0.3 is 0 Å². The van der Waals surface area contributed by atoms with Crippen molar-refractivity contribution in [2.75, 3.05) is 6.26 Å². The number of hydrogen-bond donors (Lipinski definition) is 2. The van der Waals surface area contributed by atoms with Crippen LogP contribution in [0.4, 0.5) is 0 Å². The number of nitrogens with zero attached hydrogens (tertiary/aromatic N) is 1. The summed E-state index contributed by atoms with van der Waals surface area (Å²) in [7, 11) is -3.15. The largest absolute Gasteiger partial charge is 0.383 e. The standard InChI is InChI=1S/C12H19BrN2O3S2/c1-12(16,11-14-7-10(13)19-11)8-3-5-9(6-4-8)15-20(2,17)18/h7-9,15-16H,3-6H2,1-2H3/t8-,9-,12?. The van der Waals surface area contributed by atoms with Gasteiger partial charge in [-0.05, 0) is 54.5 Å². The van der Waals surface area contributed by atoms with Crippen molar-refractivity contribution in [2.24, 2.45) is 5.92 Å². The minimum Gasteiger partial charge on any atom is -0.383 e. The zero-order valence-corrected chi connectivity index (χ0v) is 14.7. The minimum atomic E-state index is -3.15. The number of aliphatic hydroxyl groups is 1. The molecule has 0 bridgehead atoms. The number of sulfonamides is 1. The zero-order chi connectivity index (χ0) is 15.0. The fourth-order valence-electron chi connectivity index (χ4n) is 2.74. The molecule has 1 atom stereocenters. The summed E-state index contributed by atoms with van der Waals surface area (Å²) in [5, 5.41) is 11.4. The summed E-state index contributed by atoms with van der Waals surface area (Å²) in [6.45, 7) is 1.80. The highest BCUT2D eigenvalue weighted by Crippen LogP contribution is 2.41. The lowest BCUT2D eigenvalue weighted by Gasteiger charge is -2.36. The van der Waals surface area contributed by atoms with E-state index in [9.17, 15) is 13.5 Å². The molecule has 1 aromatic rings. The highest BCUT2D eigenvalue weighted by Gasteiger charge is 2.39. The first kappa shape index (κ1) is 16.4. The first-order chi connectivity index (χ1) is 9.18. The first-order valence-corrected chi connectivity index (χ1v) is 10.00. The summed E-state index contributed by atoms with van der Waals surface area (Å²) >= 11 is 4.80. The molecule has 0 amide bonds. The van der Waals surface area contributed by atoms with Gasteiger partial charge in [-0.15, -0.1) is 11.3 Å². The molecule has 0 spiro atoms. The van der Waals surface area contributed by atoms with E-state index in [2.05, 4.69) is 25.6 Å². The monoisotopic (exact) mass is 382 g/mol. The third kappa shape index (κ3) is 4.00. The molecule has 5 nitrogen and oxygen atoms in total. The molecule has 8 heteroatoms. The lowest BCUT2D eigenvalue weighted by molar-refractivity contribution is -0.0240. The Morgan fingerprint density at radius 3 is 2.50 bits per heavy atom. The van der Waals surface area contributed by atoms with Crippen molar-refractivity contribution in [2.45, 2.75) is 44.2 Å². The van der Waals surface area contributed by atoms with Gasteiger partial charge in [0.25, 0.3) is 0 Å². The number of halogens is 1. The van der Waals surface area contributed by atoms with Gasteiger partial charge in [-0.1, -0.05) is 0 Å². The van der Waals surface area contributed by atoms with Crippen molar-refractivity contribution in [1.82, 2.24) is 9.71 Å². The molecule has 20 heavy (non-hydrogen) atoms. The second kappa shape index (κ2) is 6.00. The first-order valence-electron chi connectivity index (χ1n) is 6.50. The van der Waals surface area contributed by atoms with Gasteiger partial charge in [0.2, 0.25) is 10.0 Å². The average Bonchev–Trinajstić information content (AvgIpc) is 2.75. The van der Waals surface area contributed by atoms with E-state index in [1.807, 2.05) is 0 Å². The number of hydrogen-bond acceptors (Lipinski definition) is 5. The highest BCUT2D eigenvalue weighted by molar-refractivity contribution is 9.11. The van der Waals surface area contributed by atoms with Crippen molar-refractivity contribution in [1.29, 1.82) is 0 Å². The number of aromatic nitrogens is 1. The molecule has 0 radical (unpaired) electrons. The third-order valence-corrected chi connectivity index (χ3v) is 6.28. The molecule has 0 aliphatic heterocycles. The van der Waals surface area contributed by atoms with Gasteiger partial charge in [0.1, 0.15) is 10.6 Å². The fourth-order valence-corrected chi connectivity index (χ4v) is 4.91. The molecule has 114 valence electrons. The van der Waals surface area contributed by atoms with E-state index < -0.39 is 15.6 Å². The molecule has 1 fully saturated rings. The second-order valence-corrected chi connectivity index (χ2v) is 9.75. The average molecular weight is 383 g/mol.